The molecule has 0 radical (unpaired) electrons. The largest absolute Gasteiger partial charge is 1.00 e. The Hall–Kier alpha value is -0.774. The summed E-state index contributed by atoms with van der Waals surface area (Å²) >= 11 is 0. The normalized spacial score (nSPS) is 12.7. The van der Waals surface area contributed by atoms with E-state index in [0.717, 1.165) is 48.5 Å². The van der Waals surface area contributed by atoms with Gasteiger partial charge in [0.1, 0.15) is 11.6 Å². The van der Waals surface area contributed by atoms with E-state index in [1.165, 1.54) is 0 Å². The molecule has 31 heavy (non-hydrogen) atoms. The molecule has 0 heterocycles. The quantitative estimate of drug-likeness (QED) is 0.259. The summed E-state index contributed by atoms with van der Waals surface area (Å²) in [5.41, 5.74) is 0. The Labute approximate surface area is 222 Å². The molecule has 0 aliphatic carbocycles. The van der Waals surface area contributed by atoms with E-state index in [1.54, 1.807) is 0 Å². The van der Waals surface area contributed by atoms with Crippen LogP contribution in [0, 0.1) is 11.6 Å². The molecule has 0 amide bonds. The predicted molar refractivity (Wildman–Crippen MR) is 101 cm³/mol. The molecule has 2 rings (SSSR count). The first-order chi connectivity index (χ1) is 14.0. The van der Waals surface area contributed by atoms with E-state index in [2.05, 4.69) is 4.72 Å². The molecule has 0 spiro atoms. The van der Waals surface area contributed by atoms with Gasteiger partial charge < -0.3 is 9.90 Å². The van der Waals surface area contributed by atoms with Crippen molar-refractivity contribution in [3.63, 3.8) is 0 Å². The number of carbonyl (C=O) groups excluding carboxylic acids is 1. The zero-order valence-electron chi connectivity index (χ0n) is 16.5. The van der Waals surface area contributed by atoms with Gasteiger partial charge in [0.05, 0.1) is 21.8 Å². The summed E-state index contributed by atoms with van der Waals surface area (Å²) < 4.78 is 78.6. The number of nitrogens with one attached hydrogen (secondary N) is 2. The Morgan fingerprint density at radius 3 is 1.74 bits per heavy atom. The zero-order valence-corrected chi connectivity index (χ0v) is 21.3. The van der Waals surface area contributed by atoms with Gasteiger partial charge in [-0.15, -0.1) is 0 Å². The van der Waals surface area contributed by atoms with Crippen LogP contribution in [-0.2, 0) is 24.8 Å². The van der Waals surface area contributed by atoms with Crippen LogP contribution in [0.25, 0.3) is 0 Å². The van der Waals surface area contributed by atoms with Gasteiger partial charge in [0.2, 0.25) is 20.0 Å². The molecule has 2 N–H and O–H groups in total. The number of halogens is 2. The van der Waals surface area contributed by atoms with Crippen molar-refractivity contribution in [1.82, 2.24) is 9.44 Å². The molecule has 2 aromatic carbocycles. The minimum Gasteiger partial charge on any atom is -0.548 e. The number of hydrogen-bond donors (Lipinski definition) is 2. The Balaban J connectivity index is 0.00000480. The molecular formula is C18H19F2KN2O6S2. The van der Waals surface area contributed by atoms with Crippen LogP contribution in [0.5, 0.6) is 0 Å². The molecule has 0 fully saturated rings. The number of carboxylic acids is 1. The van der Waals surface area contributed by atoms with Gasteiger partial charge in [0, 0.05) is 6.54 Å². The Kier molecular flexibility index (Phi) is 11.4. The van der Waals surface area contributed by atoms with E-state index in [-0.39, 0.29) is 87.0 Å². The van der Waals surface area contributed by atoms with Crippen molar-refractivity contribution in [2.75, 3.05) is 6.54 Å². The molecule has 0 aliphatic heterocycles. The third-order valence-electron chi connectivity index (χ3n) is 4.04. The molecule has 0 saturated heterocycles. The number of hydrogen-bond acceptors (Lipinski definition) is 6. The van der Waals surface area contributed by atoms with Crippen molar-refractivity contribution in [3.8, 4) is 0 Å². The summed E-state index contributed by atoms with van der Waals surface area (Å²) in [5, 5.41) is 11.3. The molecule has 0 aliphatic rings. The van der Waals surface area contributed by atoms with Crippen LogP contribution in [0.2, 0.25) is 0 Å². The van der Waals surface area contributed by atoms with Gasteiger partial charge in [-0.1, -0.05) is 6.42 Å². The maximum atomic E-state index is 12.9. The average Bonchev–Trinajstić information content (AvgIpc) is 2.67. The minimum atomic E-state index is -4.21. The van der Waals surface area contributed by atoms with E-state index in [0.29, 0.717) is 0 Å². The fourth-order valence-electron chi connectivity index (χ4n) is 2.47. The first-order valence-corrected chi connectivity index (χ1v) is 11.7. The van der Waals surface area contributed by atoms with Gasteiger partial charge in [0.25, 0.3) is 0 Å². The minimum absolute atomic E-state index is 0. The van der Waals surface area contributed by atoms with Crippen LogP contribution in [0.4, 0.5) is 8.78 Å². The smallest absolute Gasteiger partial charge is 0.548 e. The second kappa shape index (κ2) is 12.5. The second-order valence-electron chi connectivity index (χ2n) is 6.29. The summed E-state index contributed by atoms with van der Waals surface area (Å²) in [7, 11) is -8.06. The third-order valence-corrected chi connectivity index (χ3v) is 7.01. The summed E-state index contributed by atoms with van der Waals surface area (Å²) in [5.74, 6) is -2.87. The van der Waals surface area contributed by atoms with Gasteiger partial charge in [0.15, 0.2) is 0 Å². The Morgan fingerprint density at radius 2 is 1.29 bits per heavy atom. The summed E-state index contributed by atoms with van der Waals surface area (Å²) in [6, 6.07) is 6.52. The topological polar surface area (TPSA) is 132 Å². The monoisotopic (exact) mass is 500 g/mol. The third kappa shape index (κ3) is 8.94. The maximum Gasteiger partial charge on any atom is 1.00 e. The fourth-order valence-corrected chi connectivity index (χ4v) is 4.76. The fraction of sp³-hybridized carbons (Fsp3) is 0.278. The summed E-state index contributed by atoms with van der Waals surface area (Å²) in [6.07, 6.45) is 0.222. The van der Waals surface area contributed by atoms with E-state index in [9.17, 15) is 35.5 Å². The van der Waals surface area contributed by atoms with E-state index >= 15 is 0 Å². The number of unbranched alkanes of at least 4 members (excludes halogenated alkanes) is 1. The van der Waals surface area contributed by atoms with Crippen molar-refractivity contribution >= 4 is 26.0 Å². The van der Waals surface area contributed by atoms with Crippen molar-refractivity contribution in [2.24, 2.45) is 0 Å². The van der Waals surface area contributed by atoms with Gasteiger partial charge in [-0.2, -0.15) is 0 Å². The van der Waals surface area contributed by atoms with Crippen LogP contribution in [0.15, 0.2) is 58.3 Å². The van der Waals surface area contributed by atoms with Crippen molar-refractivity contribution in [2.45, 2.75) is 35.1 Å². The average molecular weight is 501 g/mol. The number of carboxylic acid groups (broad SMARTS) is 1. The Bertz CT molecular complexity index is 1080. The number of sulfonamides is 2. The molecule has 13 heteroatoms. The molecule has 8 nitrogen and oxygen atoms in total. The van der Waals surface area contributed by atoms with Crippen LogP contribution in [0.3, 0.4) is 0 Å². The molecule has 1 atom stereocenters. The standard InChI is InChI=1S/C18H20F2N2O6S2.K/c19-13-4-8-15(9-5-13)29(25,26)21-12-2-1-3-17(18(23)24)22-30(27,28)16-10-6-14(20)7-11-16;/h4-11,17,21-22H,1-3,12H2,(H,23,24);/q;+1/p-1. The van der Waals surface area contributed by atoms with Crippen LogP contribution in [0.1, 0.15) is 19.3 Å². The van der Waals surface area contributed by atoms with Crippen molar-refractivity contribution in [1.29, 1.82) is 0 Å². The van der Waals surface area contributed by atoms with E-state index in [1.807, 2.05) is 4.72 Å². The SMILES string of the molecule is O=C([O-])C(CCCCNS(=O)(=O)c1ccc(F)cc1)NS(=O)(=O)c1ccc(F)cc1.[K+]. The molecule has 0 aromatic heterocycles. The van der Waals surface area contributed by atoms with Gasteiger partial charge in [-0.3, -0.25) is 0 Å². The molecule has 0 bridgehead atoms. The maximum absolute atomic E-state index is 12.9. The van der Waals surface area contributed by atoms with Gasteiger partial charge in [-0.25, -0.2) is 35.1 Å². The number of carbonyl (C=O) groups is 1. The predicted octanol–water partition coefficient (Wildman–Crippen LogP) is -2.49. The number of benzene rings is 2. The van der Waals surface area contributed by atoms with Crippen LogP contribution in [-0.4, -0.2) is 35.4 Å². The Morgan fingerprint density at radius 1 is 0.839 bits per heavy atom. The molecular weight excluding hydrogens is 481 g/mol. The van der Waals surface area contributed by atoms with E-state index in [4.69, 9.17) is 0 Å². The molecule has 2 aromatic rings. The van der Waals surface area contributed by atoms with Gasteiger partial charge >= 0.3 is 51.4 Å². The van der Waals surface area contributed by atoms with Crippen molar-refractivity contribution in [3.05, 3.63) is 60.2 Å². The van der Waals surface area contributed by atoms with Crippen molar-refractivity contribution < 1.29 is 86.9 Å². The summed E-state index contributed by atoms with van der Waals surface area (Å²) in [4.78, 5) is 10.8. The van der Waals surface area contributed by atoms with Crippen LogP contribution >= 0.6 is 0 Å². The first kappa shape index (κ1) is 28.3. The molecule has 164 valence electrons. The van der Waals surface area contributed by atoms with Gasteiger partial charge in [-0.05, 0) is 61.4 Å². The first-order valence-electron chi connectivity index (χ1n) is 8.75. The second-order valence-corrected chi connectivity index (χ2v) is 9.78. The number of rotatable bonds is 11. The molecule has 0 saturated carbocycles. The zero-order chi connectivity index (χ0) is 22.4. The van der Waals surface area contributed by atoms with Crippen LogP contribution < -0.4 is 65.9 Å². The summed E-state index contributed by atoms with van der Waals surface area (Å²) in [6.45, 7) is -0.0375. The number of aliphatic carboxylic acids is 1. The molecule has 1 unspecified atom stereocenters. The van der Waals surface area contributed by atoms with E-state index < -0.39 is 43.7 Å².